The third kappa shape index (κ3) is 0.594. The second kappa shape index (κ2) is 1.64. The minimum atomic E-state index is 0.836. The van der Waals surface area contributed by atoms with Gasteiger partial charge in [0.2, 0.25) is 0 Å². The van der Waals surface area contributed by atoms with Gasteiger partial charge in [0.15, 0.2) is 0 Å². The maximum absolute atomic E-state index is 4.33. The molecule has 2 bridgehead atoms. The Hall–Kier alpha value is 0.310. The quantitative estimate of drug-likeness (QED) is 0.483. The van der Waals surface area contributed by atoms with Crippen LogP contribution in [-0.2, 0) is 0 Å². The van der Waals surface area contributed by atoms with Gasteiger partial charge in [0.05, 0.1) is 0 Å². The molecule has 0 radical (unpaired) electrons. The first-order valence-corrected chi connectivity index (χ1v) is 3.72. The molecular weight excluding hydrogens is 118 g/mol. The Morgan fingerprint density at radius 1 is 1.38 bits per heavy atom. The topological polar surface area (TPSA) is 3.24 Å². The van der Waals surface area contributed by atoms with E-state index in [0.29, 0.717) is 0 Å². The number of hydrogen-bond acceptors (Lipinski definition) is 2. The highest BCUT2D eigenvalue weighted by Crippen LogP contribution is 2.37. The molecule has 8 heavy (non-hydrogen) atoms. The van der Waals surface area contributed by atoms with Gasteiger partial charge in [-0.2, -0.15) is 0 Å². The van der Waals surface area contributed by atoms with Gasteiger partial charge in [0.1, 0.15) is 0 Å². The Balaban J connectivity index is 2.11. The Morgan fingerprint density at radius 3 is 2.50 bits per heavy atom. The SMILES string of the molecule is SN1CC2CCC1C2. The second-order valence-corrected chi connectivity index (χ2v) is 3.47. The molecule has 1 aliphatic heterocycles. The van der Waals surface area contributed by atoms with Crippen LogP contribution in [0.15, 0.2) is 0 Å². The lowest BCUT2D eigenvalue weighted by molar-refractivity contribution is 0.370. The first kappa shape index (κ1) is 5.12. The molecule has 2 aliphatic rings. The van der Waals surface area contributed by atoms with E-state index in [1.165, 1.54) is 25.8 Å². The van der Waals surface area contributed by atoms with Crippen LogP contribution >= 0.6 is 12.8 Å². The lowest BCUT2D eigenvalue weighted by atomic mass is 10.1. The van der Waals surface area contributed by atoms with Crippen molar-refractivity contribution < 1.29 is 0 Å². The summed E-state index contributed by atoms with van der Waals surface area (Å²) in [5.41, 5.74) is 0. The standard InChI is InChI=1S/C6H11NS/c8-7-4-5-1-2-6(7)3-5/h5-6,8H,1-4H2. The van der Waals surface area contributed by atoms with Crippen molar-refractivity contribution in [2.24, 2.45) is 5.92 Å². The molecule has 1 heterocycles. The van der Waals surface area contributed by atoms with E-state index < -0.39 is 0 Å². The van der Waals surface area contributed by atoms with Crippen molar-refractivity contribution in [3.05, 3.63) is 0 Å². The zero-order chi connectivity index (χ0) is 5.56. The molecule has 2 fully saturated rings. The highest BCUT2D eigenvalue weighted by atomic mass is 32.1. The number of fused-ring (bicyclic) bond motifs is 2. The number of rotatable bonds is 0. The fourth-order valence-electron chi connectivity index (χ4n) is 1.90. The summed E-state index contributed by atoms with van der Waals surface area (Å²) >= 11 is 4.33. The van der Waals surface area contributed by atoms with Gasteiger partial charge in [-0.1, -0.05) is 12.8 Å². The highest BCUT2D eigenvalue weighted by Gasteiger charge is 2.35. The van der Waals surface area contributed by atoms with Gasteiger partial charge in [-0.25, -0.2) is 4.31 Å². The number of thiol groups is 1. The van der Waals surface area contributed by atoms with E-state index in [9.17, 15) is 0 Å². The summed E-state index contributed by atoms with van der Waals surface area (Å²) in [6.07, 6.45) is 4.28. The Labute approximate surface area is 55.6 Å². The fraction of sp³-hybridized carbons (Fsp3) is 1.00. The first-order chi connectivity index (χ1) is 3.86. The molecule has 0 aromatic carbocycles. The van der Waals surface area contributed by atoms with Crippen molar-refractivity contribution in [2.75, 3.05) is 6.54 Å². The molecule has 1 saturated heterocycles. The van der Waals surface area contributed by atoms with Crippen molar-refractivity contribution in [1.82, 2.24) is 4.31 Å². The molecule has 2 heteroatoms. The van der Waals surface area contributed by atoms with Crippen LogP contribution in [0.2, 0.25) is 0 Å². The maximum atomic E-state index is 4.33. The van der Waals surface area contributed by atoms with Crippen molar-refractivity contribution in [1.29, 1.82) is 0 Å². The molecule has 2 rings (SSSR count). The molecular formula is C6H11NS. The van der Waals surface area contributed by atoms with Crippen molar-refractivity contribution >= 4 is 12.8 Å². The zero-order valence-corrected chi connectivity index (χ0v) is 5.77. The predicted molar refractivity (Wildman–Crippen MR) is 36.8 cm³/mol. The van der Waals surface area contributed by atoms with Gasteiger partial charge < -0.3 is 0 Å². The van der Waals surface area contributed by atoms with Gasteiger partial charge in [-0.3, -0.25) is 0 Å². The van der Waals surface area contributed by atoms with E-state index in [2.05, 4.69) is 17.1 Å². The Bertz CT molecular complexity index is 103. The molecule has 0 spiro atoms. The fourth-order valence-corrected chi connectivity index (χ4v) is 2.34. The average molecular weight is 129 g/mol. The van der Waals surface area contributed by atoms with Crippen LogP contribution in [0.4, 0.5) is 0 Å². The largest absolute Gasteiger partial charge is 0.250 e. The summed E-state index contributed by atoms with van der Waals surface area (Å²) in [7, 11) is 0. The molecule has 0 aromatic rings. The van der Waals surface area contributed by atoms with Crippen LogP contribution in [0.5, 0.6) is 0 Å². The van der Waals surface area contributed by atoms with Gasteiger partial charge in [-0.15, -0.1) is 0 Å². The summed E-state index contributed by atoms with van der Waals surface area (Å²) in [6, 6.07) is 0.836. The molecule has 46 valence electrons. The van der Waals surface area contributed by atoms with Gasteiger partial charge >= 0.3 is 0 Å². The molecule has 2 unspecified atom stereocenters. The monoisotopic (exact) mass is 129 g/mol. The van der Waals surface area contributed by atoms with Crippen LogP contribution < -0.4 is 0 Å². The van der Waals surface area contributed by atoms with E-state index in [0.717, 1.165) is 12.0 Å². The summed E-state index contributed by atoms with van der Waals surface area (Å²) in [5.74, 6) is 0.998. The van der Waals surface area contributed by atoms with E-state index in [1.54, 1.807) is 0 Å². The zero-order valence-electron chi connectivity index (χ0n) is 4.88. The van der Waals surface area contributed by atoms with Crippen LogP contribution in [0, 0.1) is 5.92 Å². The number of hydrogen-bond donors (Lipinski definition) is 1. The first-order valence-electron chi connectivity index (χ1n) is 3.32. The third-order valence-corrected chi connectivity index (χ3v) is 2.87. The van der Waals surface area contributed by atoms with Gasteiger partial charge in [0.25, 0.3) is 0 Å². The molecule has 1 saturated carbocycles. The minimum absolute atomic E-state index is 0.836. The van der Waals surface area contributed by atoms with Crippen LogP contribution in [0.25, 0.3) is 0 Å². The maximum Gasteiger partial charge on any atom is 0.0203 e. The summed E-state index contributed by atoms with van der Waals surface area (Å²) in [5, 5.41) is 0. The third-order valence-electron chi connectivity index (χ3n) is 2.38. The Morgan fingerprint density at radius 2 is 2.25 bits per heavy atom. The van der Waals surface area contributed by atoms with E-state index >= 15 is 0 Å². The van der Waals surface area contributed by atoms with Crippen molar-refractivity contribution in [2.45, 2.75) is 25.3 Å². The molecule has 1 nitrogen and oxygen atoms in total. The molecule has 0 amide bonds. The molecule has 2 atom stereocenters. The number of piperidine rings is 1. The van der Waals surface area contributed by atoms with E-state index in [-0.39, 0.29) is 0 Å². The van der Waals surface area contributed by atoms with Crippen LogP contribution in [-0.4, -0.2) is 16.9 Å². The lowest BCUT2D eigenvalue weighted by Crippen LogP contribution is -2.22. The minimum Gasteiger partial charge on any atom is -0.250 e. The smallest absolute Gasteiger partial charge is 0.0203 e. The van der Waals surface area contributed by atoms with Crippen molar-refractivity contribution in [3.8, 4) is 0 Å². The lowest BCUT2D eigenvalue weighted by Gasteiger charge is -2.19. The van der Waals surface area contributed by atoms with Gasteiger partial charge in [-0.05, 0) is 25.2 Å². The van der Waals surface area contributed by atoms with Gasteiger partial charge in [0, 0.05) is 12.6 Å². The van der Waals surface area contributed by atoms with Crippen LogP contribution in [0.3, 0.4) is 0 Å². The number of nitrogens with zero attached hydrogens (tertiary/aromatic N) is 1. The Kier molecular flexibility index (Phi) is 1.05. The molecule has 0 aromatic heterocycles. The van der Waals surface area contributed by atoms with Crippen LogP contribution in [0.1, 0.15) is 19.3 Å². The summed E-state index contributed by atoms with van der Waals surface area (Å²) in [6.45, 7) is 1.24. The van der Waals surface area contributed by atoms with E-state index in [1.807, 2.05) is 0 Å². The summed E-state index contributed by atoms with van der Waals surface area (Å²) in [4.78, 5) is 0. The normalized spacial score (nSPS) is 46.1. The summed E-state index contributed by atoms with van der Waals surface area (Å²) < 4.78 is 2.20. The molecule has 1 aliphatic carbocycles. The average Bonchev–Trinajstić information content (AvgIpc) is 2.23. The van der Waals surface area contributed by atoms with Crippen molar-refractivity contribution in [3.63, 3.8) is 0 Å². The van der Waals surface area contributed by atoms with E-state index in [4.69, 9.17) is 0 Å². The second-order valence-electron chi connectivity index (χ2n) is 2.95. The highest BCUT2D eigenvalue weighted by molar-refractivity contribution is 7.77. The predicted octanol–water partition coefficient (Wildman–Crippen LogP) is 1.32. The molecule has 0 N–H and O–H groups in total.